The van der Waals surface area contributed by atoms with Gasteiger partial charge in [-0.2, -0.15) is 0 Å². The summed E-state index contributed by atoms with van der Waals surface area (Å²) in [6.45, 7) is 8.25. The van der Waals surface area contributed by atoms with E-state index in [0.29, 0.717) is 12.3 Å². The third kappa shape index (κ3) is 5.41. The molecule has 0 aliphatic rings. The van der Waals surface area contributed by atoms with Crippen molar-refractivity contribution in [2.45, 2.75) is 34.1 Å². The largest absolute Gasteiger partial charge is 0.332 e. The number of hydrogen-bond acceptors (Lipinski definition) is 4. The third-order valence-electron chi connectivity index (χ3n) is 4.04. The average Bonchev–Trinajstić information content (AvgIpc) is 3.02. The van der Waals surface area contributed by atoms with Crippen LogP contribution < -0.4 is 10.6 Å². The van der Waals surface area contributed by atoms with Gasteiger partial charge in [0.2, 0.25) is 5.91 Å². The Morgan fingerprint density at radius 1 is 1.04 bits per heavy atom. The molecule has 2 aromatic carbocycles. The molecule has 0 aliphatic heterocycles. The van der Waals surface area contributed by atoms with Crippen LogP contribution >= 0.6 is 11.3 Å². The Bertz CT molecular complexity index is 909. The molecule has 0 fully saturated rings. The van der Waals surface area contributed by atoms with Gasteiger partial charge in [-0.05, 0) is 55.2 Å². The number of thiazole rings is 1. The molecular weight excluding hydrogens is 354 g/mol. The quantitative estimate of drug-likeness (QED) is 0.539. The van der Waals surface area contributed by atoms with Gasteiger partial charge >= 0.3 is 0 Å². The molecule has 1 amide bonds. The van der Waals surface area contributed by atoms with Gasteiger partial charge in [0.15, 0.2) is 5.13 Å². The molecule has 2 N–H and O–H groups in total. The molecule has 140 valence electrons. The first-order chi connectivity index (χ1) is 12.9. The second-order valence-electron chi connectivity index (χ2n) is 7.26. The molecule has 0 aliphatic carbocycles. The molecule has 0 saturated carbocycles. The maximum atomic E-state index is 11.9. The maximum Gasteiger partial charge on any atom is 0.224 e. The number of anilines is 3. The summed E-state index contributed by atoms with van der Waals surface area (Å²) >= 11 is 1.58. The Morgan fingerprint density at radius 3 is 2.33 bits per heavy atom. The summed E-state index contributed by atoms with van der Waals surface area (Å²) in [5.41, 5.74) is 6.27. The molecular formula is C22H25N3OS. The Morgan fingerprint density at radius 2 is 1.70 bits per heavy atom. The van der Waals surface area contributed by atoms with Crippen LogP contribution in [0.3, 0.4) is 0 Å². The Labute approximate surface area is 164 Å². The zero-order chi connectivity index (χ0) is 19.4. The number of benzene rings is 2. The first-order valence-corrected chi connectivity index (χ1v) is 9.98. The minimum absolute atomic E-state index is 0.0475. The summed E-state index contributed by atoms with van der Waals surface area (Å²) in [5.74, 6) is 0.397. The summed E-state index contributed by atoms with van der Waals surface area (Å²) in [5, 5.41) is 9.22. The van der Waals surface area contributed by atoms with Gasteiger partial charge in [-0.1, -0.05) is 32.0 Å². The number of nitrogens with zero attached hydrogens (tertiary/aromatic N) is 1. The van der Waals surface area contributed by atoms with E-state index in [4.69, 9.17) is 0 Å². The Balaban J connectivity index is 1.68. The topological polar surface area (TPSA) is 54.0 Å². The van der Waals surface area contributed by atoms with Crippen LogP contribution in [0.1, 0.15) is 31.4 Å². The van der Waals surface area contributed by atoms with Gasteiger partial charge in [0.25, 0.3) is 0 Å². The van der Waals surface area contributed by atoms with Crippen molar-refractivity contribution in [3.8, 4) is 11.3 Å². The monoisotopic (exact) mass is 379 g/mol. The molecule has 3 rings (SSSR count). The van der Waals surface area contributed by atoms with Crippen LogP contribution in [0.5, 0.6) is 0 Å². The lowest BCUT2D eigenvalue weighted by atomic mass is 10.1. The van der Waals surface area contributed by atoms with Crippen molar-refractivity contribution in [2.24, 2.45) is 5.92 Å². The van der Waals surface area contributed by atoms with Gasteiger partial charge in [-0.15, -0.1) is 11.3 Å². The van der Waals surface area contributed by atoms with Gasteiger partial charge in [-0.25, -0.2) is 4.98 Å². The smallest absolute Gasteiger partial charge is 0.224 e. The molecule has 5 heteroatoms. The molecule has 4 nitrogen and oxygen atoms in total. The number of nitrogens with one attached hydrogen (secondary N) is 2. The first-order valence-electron chi connectivity index (χ1n) is 9.10. The number of aromatic nitrogens is 1. The SMILES string of the molecule is Cc1cc(C)cc(Nc2nc(-c3ccc(NC(=O)CC(C)C)cc3)cs2)c1. The minimum Gasteiger partial charge on any atom is -0.332 e. The Kier molecular flexibility index (Phi) is 5.91. The van der Waals surface area contributed by atoms with Crippen LogP contribution in [0.25, 0.3) is 11.3 Å². The van der Waals surface area contributed by atoms with Gasteiger partial charge in [0.1, 0.15) is 0 Å². The normalized spacial score (nSPS) is 10.9. The predicted octanol–water partition coefficient (Wildman–Crippen LogP) is 6.16. The maximum absolute atomic E-state index is 11.9. The zero-order valence-electron chi connectivity index (χ0n) is 16.2. The molecule has 1 aromatic heterocycles. The van der Waals surface area contributed by atoms with Crippen LogP contribution in [0.15, 0.2) is 47.8 Å². The van der Waals surface area contributed by atoms with Crippen LogP contribution in [0.4, 0.5) is 16.5 Å². The number of rotatable bonds is 6. The van der Waals surface area contributed by atoms with Crippen molar-refractivity contribution in [1.82, 2.24) is 4.98 Å². The lowest BCUT2D eigenvalue weighted by Crippen LogP contribution is -2.13. The highest BCUT2D eigenvalue weighted by Gasteiger charge is 2.08. The zero-order valence-corrected chi connectivity index (χ0v) is 17.0. The third-order valence-corrected chi connectivity index (χ3v) is 4.79. The number of carbonyl (C=O) groups is 1. The van der Waals surface area contributed by atoms with E-state index >= 15 is 0 Å². The highest BCUT2D eigenvalue weighted by molar-refractivity contribution is 7.14. The van der Waals surface area contributed by atoms with E-state index in [9.17, 15) is 4.79 Å². The van der Waals surface area contributed by atoms with Gasteiger partial charge in [-0.3, -0.25) is 4.79 Å². The van der Waals surface area contributed by atoms with Crippen LogP contribution in [-0.4, -0.2) is 10.9 Å². The van der Waals surface area contributed by atoms with E-state index in [1.807, 2.05) is 43.5 Å². The highest BCUT2D eigenvalue weighted by atomic mass is 32.1. The second kappa shape index (κ2) is 8.35. The highest BCUT2D eigenvalue weighted by Crippen LogP contribution is 2.28. The second-order valence-corrected chi connectivity index (χ2v) is 8.12. The van der Waals surface area contributed by atoms with Crippen LogP contribution in [0.2, 0.25) is 0 Å². The lowest BCUT2D eigenvalue weighted by molar-refractivity contribution is -0.116. The minimum atomic E-state index is 0.0475. The molecule has 0 atom stereocenters. The molecule has 27 heavy (non-hydrogen) atoms. The van der Waals surface area contributed by atoms with E-state index < -0.39 is 0 Å². The molecule has 0 saturated heterocycles. The molecule has 0 radical (unpaired) electrons. The van der Waals surface area contributed by atoms with E-state index in [2.05, 4.69) is 47.7 Å². The first kappa shape index (κ1) is 19.1. The van der Waals surface area contributed by atoms with E-state index in [0.717, 1.165) is 27.8 Å². The van der Waals surface area contributed by atoms with Gasteiger partial charge < -0.3 is 10.6 Å². The Hall–Kier alpha value is -2.66. The number of amides is 1. The molecule has 0 spiro atoms. The lowest BCUT2D eigenvalue weighted by Gasteiger charge is -2.07. The van der Waals surface area contributed by atoms with E-state index in [1.54, 1.807) is 11.3 Å². The molecule has 3 aromatic rings. The summed E-state index contributed by atoms with van der Waals surface area (Å²) in [6.07, 6.45) is 0.529. The van der Waals surface area contributed by atoms with Crippen LogP contribution in [-0.2, 0) is 4.79 Å². The summed E-state index contributed by atoms with van der Waals surface area (Å²) < 4.78 is 0. The summed E-state index contributed by atoms with van der Waals surface area (Å²) in [6, 6.07) is 14.2. The van der Waals surface area contributed by atoms with Crippen molar-refractivity contribution in [3.63, 3.8) is 0 Å². The van der Waals surface area contributed by atoms with Crippen molar-refractivity contribution in [1.29, 1.82) is 0 Å². The van der Waals surface area contributed by atoms with Crippen LogP contribution in [0, 0.1) is 19.8 Å². The van der Waals surface area contributed by atoms with Crippen molar-refractivity contribution < 1.29 is 4.79 Å². The van der Waals surface area contributed by atoms with Gasteiger partial charge in [0, 0.05) is 28.7 Å². The average molecular weight is 380 g/mol. The number of carbonyl (C=O) groups excluding carboxylic acids is 1. The fourth-order valence-electron chi connectivity index (χ4n) is 2.94. The van der Waals surface area contributed by atoms with Gasteiger partial charge in [0.05, 0.1) is 5.69 Å². The van der Waals surface area contributed by atoms with E-state index in [1.165, 1.54) is 11.1 Å². The van der Waals surface area contributed by atoms with Crippen molar-refractivity contribution in [3.05, 3.63) is 59.0 Å². The standard InChI is InChI=1S/C22H25N3OS/c1-14(2)9-21(26)23-18-7-5-17(6-8-18)20-13-27-22(25-20)24-19-11-15(3)10-16(4)12-19/h5-8,10-14H,9H2,1-4H3,(H,23,26)(H,24,25). The molecule has 0 unspecified atom stereocenters. The van der Waals surface area contributed by atoms with Crippen molar-refractivity contribution in [2.75, 3.05) is 10.6 Å². The summed E-state index contributed by atoms with van der Waals surface area (Å²) in [7, 11) is 0. The van der Waals surface area contributed by atoms with Crippen molar-refractivity contribution >= 4 is 33.8 Å². The number of aryl methyl sites for hydroxylation is 2. The number of hydrogen-bond donors (Lipinski definition) is 2. The molecule has 1 heterocycles. The fraction of sp³-hybridized carbons (Fsp3) is 0.273. The fourth-order valence-corrected chi connectivity index (χ4v) is 3.68. The predicted molar refractivity (Wildman–Crippen MR) is 115 cm³/mol. The summed E-state index contributed by atoms with van der Waals surface area (Å²) in [4.78, 5) is 16.6. The van der Waals surface area contributed by atoms with E-state index in [-0.39, 0.29) is 5.91 Å². The molecule has 0 bridgehead atoms.